The van der Waals surface area contributed by atoms with Gasteiger partial charge >= 0.3 is 0 Å². The lowest BCUT2D eigenvalue weighted by atomic mass is 10.1. The first-order valence-corrected chi connectivity index (χ1v) is 6.82. The van der Waals surface area contributed by atoms with Crippen molar-refractivity contribution in [1.29, 1.82) is 0 Å². The molecular formula is C13H16N2O2S. The summed E-state index contributed by atoms with van der Waals surface area (Å²) in [7, 11) is 0. The molecular weight excluding hydrogens is 248 g/mol. The van der Waals surface area contributed by atoms with Gasteiger partial charge in [-0.25, -0.2) is 0 Å². The summed E-state index contributed by atoms with van der Waals surface area (Å²) in [6, 6.07) is 1.63. The molecule has 1 amide bonds. The van der Waals surface area contributed by atoms with E-state index in [1.807, 2.05) is 13.2 Å². The summed E-state index contributed by atoms with van der Waals surface area (Å²) in [6.07, 6.45) is 5.08. The van der Waals surface area contributed by atoms with Crippen molar-refractivity contribution < 1.29 is 9.90 Å². The summed E-state index contributed by atoms with van der Waals surface area (Å²) in [5.41, 5.74) is 1.01. The number of nitrogens with one attached hydrogen (secondary N) is 1. The number of hydrogen-bond donors (Lipinski definition) is 2. The molecule has 96 valence electrons. The fourth-order valence-electron chi connectivity index (χ4n) is 1.24. The van der Waals surface area contributed by atoms with E-state index in [-0.39, 0.29) is 12.5 Å². The molecule has 0 saturated carbocycles. The van der Waals surface area contributed by atoms with E-state index in [1.165, 1.54) is 6.20 Å². The number of pyridine rings is 1. The van der Waals surface area contributed by atoms with Crippen molar-refractivity contribution in [2.24, 2.45) is 0 Å². The van der Waals surface area contributed by atoms with Crippen LogP contribution in [0, 0.1) is 11.8 Å². The maximum absolute atomic E-state index is 12.0. The van der Waals surface area contributed by atoms with Crippen LogP contribution in [0.5, 0.6) is 0 Å². The quantitative estimate of drug-likeness (QED) is 0.793. The maximum Gasteiger partial charge on any atom is 0.252 e. The molecule has 2 N–H and O–H groups in total. The summed E-state index contributed by atoms with van der Waals surface area (Å²) < 4.78 is 0. The fourth-order valence-corrected chi connectivity index (χ4v) is 1.49. The van der Waals surface area contributed by atoms with Crippen LogP contribution in [-0.4, -0.2) is 40.7 Å². The Hall–Kier alpha value is -1.51. The lowest BCUT2D eigenvalue weighted by Gasteiger charge is -2.10. The summed E-state index contributed by atoms with van der Waals surface area (Å²) in [4.78, 5) is 15.9. The number of aliphatic hydroxyl groups excluding tert-OH is 1. The number of carbonyl (C=O) groups is 1. The van der Waals surface area contributed by atoms with Crippen LogP contribution < -0.4 is 5.32 Å². The molecule has 0 bridgehead atoms. The molecule has 0 aliphatic carbocycles. The lowest BCUT2D eigenvalue weighted by Crippen LogP contribution is -2.29. The van der Waals surface area contributed by atoms with Gasteiger partial charge in [-0.15, -0.1) is 0 Å². The Kier molecular flexibility index (Phi) is 6.26. The zero-order valence-corrected chi connectivity index (χ0v) is 11.3. The second-order valence-corrected chi connectivity index (χ2v) is 4.91. The molecule has 1 aromatic heterocycles. The molecule has 5 heteroatoms. The maximum atomic E-state index is 12.0. The van der Waals surface area contributed by atoms with Gasteiger partial charge in [-0.3, -0.25) is 9.78 Å². The Morgan fingerprint density at radius 3 is 3.11 bits per heavy atom. The molecule has 1 atom stereocenters. The molecule has 0 fully saturated rings. The van der Waals surface area contributed by atoms with Crippen molar-refractivity contribution in [2.75, 3.05) is 19.4 Å². The summed E-state index contributed by atoms with van der Waals surface area (Å²) in [5.74, 6) is 5.07. The smallest absolute Gasteiger partial charge is 0.252 e. The van der Waals surface area contributed by atoms with Crippen LogP contribution in [0.3, 0.4) is 0 Å². The number of rotatable bonds is 4. The Labute approximate surface area is 111 Å². The van der Waals surface area contributed by atoms with Crippen molar-refractivity contribution in [2.45, 2.75) is 12.2 Å². The van der Waals surface area contributed by atoms with Crippen molar-refractivity contribution in [1.82, 2.24) is 10.3 Å². The van der Waals surface area contributed by atoms with Crippen molar-refractivity contribution in [3.05, 3.63) is 29.6 Å². The second-order valence-electron chi connectivity index (χ2n) is 3.64. The molecule has 0 aliphatic heterocycles. The number of amides is 1. The van der Waals surface area contributed by atoms with Crippen molar-refractivity contribution in [3.8, 4) is 11.8 Å². The zero-order valence-electron chi connectivity index (χ0n) is 10.4. The molecule has 0 saturated heterocycles. The van der Waals surface area contributed by atoms with Crippen molar-refractivity contribution >= 4 is 17.7 Å². The Morgan fingerprint density at radius 1 is 1.67 bits per heavy atom. The average molecular weight is 264 g/mol. The third-order valence-corrected chi connectivity index (χ3v) is 3.29. The molecule has 18 heavy (non-hydrogen) atoms. The van der Waals surface area contributed by atoms with Crippen LogP contribution in [-0.2, 0) is 0 Å². The van der Waals surface area contributed by atoms with Gasteiger partial charge in [-0.2, -0.15) is 11.8 Å². The molecule has 1 aromatic rings. The first-order valence-electron chi connectivity index (χ1n) is 5.53. The van der Waals surface area contributed by atoms with Crippen LogP contribution in [0.1, 0.15) is 22.8 Å². The first kappa shape index (κ1) is 14.6. The highest BCUT2D eigenvalue weighted by Crippen LogP contribution is 2.07. The van der Waals surface area contributed by atoms with Crippen molar-refractivity contribution in [3.63, 3.8) is 0 Å². The van der Waals surface area contributed by atoms with Crippen LogP contribution in [0.2, 0.25) is 0 Å². The van der Waals surface area contributed by atoms with Gasteiger partial charge in [0.05, 0.1) is 11.1 Å². The number of carbonyl (C=O) groups excluding carboxylic acids is 1. The van der Waals surface area contributed by atoms with E-state index in [0.29, 0.717) is 22.9 Å². The second kappa shape index (κ2) is 7.75. The summed E-state index contributed by atoms with van der Waals surface area (Å²) >= 11 is 1.69. The van der Waals surface area contributed by atoms with Gasteiger partial charge in [0.2, 0.25) is 0 Å². The van der Waals surface area contributed by atoms with Gasteiger partial charge in [0, 0.05) is 24.2 Å². The minimum absolute atomic E-state index is 0.166. The lowest BCUT2D eigenvalue weighted by molar-refractivity contribution is 0.0954. The van der Waals surface area contributed by atoms with Crippen LogP contribution in [0.4, 0.5) is 0 Å². The molecule has 1 unspecified atom stereocenters. The Balaban J connectivity index is 2.79. The van der Waals surface area contributed by atoms with E-state index >= 15 is 0 Å². The van der Waals surface area contributed by atoms with Gasteiger partial charge in [-0.05, 0) is 12.3 Å². The first-order chi connectivity index (χ1) is 8.69. The number of aromatic nitrogens is 1. The predicted molar refractivity (Wildman–Crippen MR) is 73.5 cm³/mol. The summed E-state index contributed by atoms with van der Waals surface area (Å²) in [5, 5.41) is 11.9. The van der Waals surface area contributed by atoms with E-state index in [0.717, 1.165) is 0 Å². The van der Waals surface area contributed by atoms with E-state index in [1.54, 1.807) is 24.0 Å². The largest absolute Gasteiger partial charge is 0.384 e. The molecule has 0 radical (unpaired) electrons. The number of aliphatic hydroxyl groups is 1. The molecule has 4 nitrogen and oxygen atoms in total. The highest BCUT2D eigenvalue weighted by molar-refractivity contribution is 7.99. The van der Waals surface area contributed by atoms with Crippen LogP contribution in [0.15, 0.2) is 18.5 Å². The Morgan fingerprint density at radius 2 is 2.44 bits per heavy atom. The minimum Gasteiger partial charge on any atom is -0.384 e. The van der Waals surface area contributed by atoms with E-state index in [2.05, 4.69) is 22.1 Å². The number of hydrogen-bond acceptors (Lipinski definition) is 4. The van der Waals surface area contributed by atoms with Gasteiger partial charge in [-0.1, -0.05) is 18.8 Å². The van der Waals surface area contributed by atoms with Gasteiger partial charge in [0.1, 0.15) is 6.61 Å². The van der Waals surface area contributed by atoms with Gasteiger partial charge < -0.3 is 10.4 Å². The van der Waals surface area contributed by atoms with Crippen LogP contribution in [0.25, 0.3) is 0 Å². The monoisotopic (exact) mass is 264 g/mol. The molecule has 1 rings (SSSR count). The van der Waals surface area contributed by atoms with Crippen LogP contribution >= 0.6 is 11.8 Å². The molecule has 0 aromatic carbocycles. The van der Waals surface area contributed by atoms with E-state index in [4.69, 9.17) is 5.11 Å². The minimum atomic E-state index is -0.237. The zero-order chi connectivity index (χ0) is 13.4. The highest BCUT2D eigenvalue weighted by Gasteiger charge is 2.10. The average Bonchev–Trinajstić information content (AvgIpc) is 2.42. The molecule has 1 heterocycles. The van der Waals surface area contributed by atoms with E-state index in [9.17, 15) is 4.79 Å². The van der Waals surface area contributed by atoms with E-state index < -0.39 is 0 Å². The fraction of sp³-hybridized carbons (Fsp3) is 0.385. The third kappa shape index (κ3) is 4.40. The third-order valence-electron chi connectivity index (χ3n) is 2.32. The van der Waals surface area contributed by atoms with Gasteiger partial charge in [0.25, 0.3) is 5.91 Å². The number of nitrogens with zero attached hydrogens (tertiary/aromatic N) is 1. The molecule has 0 spiro atoms. The highest BCUT2D eigenvalue weighted by atomic mass is 32.2. The Bertz CT molecular complexity index is 466. The normalized spacial score (nSPS) is 11.3. The molecule has 0 aliphatic rings. The standard InChI is InChI=1S/C13H16N2O2S/c1-10(18-2)8-15-13(17)12-5-6-14-9-11(12)4-3-7-16/h5-6,9-10,16H,7-8H2,1-2H3,(H,15,17). The predicted octanol–water partition coefficient (Wildman–Crippen LogP) is 0.907. The summed E-state index contributed by atoms with van der Waals surface area (Å²) in [6.45, 7) is 2.42. The van der Waals surface area contributed by atoms with Gasteiger partial charge in [0.15, 0.2) is 0 Å². The number of thioether (sulfide) groups is 1. The SMILES string of the molecule is CSC(C)CNC(=O)c1ccncc1C#CCO. The topological polar surface area (TPSA) is 62.2 Å².